The Hall–Kier alpha value is -3.70. The summed E-state index contributed by atoms with van der Waals surface area (Å²) >= 11 is -1.34. The van der Waals surface area contributed by atoms with Gasteiger partial charge in [0.25, 0.3) is 5.91 Å². The van der Waals surface area contributed by atoms with Crippen molar-refractivity contribution >= 4 is 40.6 Å². The molecule has 0 spiro atoms. The molecule has 4 rings (SSSR count). The molecule has 3 aromatic rings. The smallest absolute Gasteiger partial charge is 0.273 e. The number of anilines is 1. The molecule has 1 unspecified atom stereocenters. The number of hydrogen-bond acceptors (Lipinski definition) is 8. The summed E-state index contributed by atoms with van der Waals surface area (Å²) in [7, 11) is 0. The zero-order valence-electron chi connectivity index (χ0n) is 21.5. The molecule has 5 N–H and O–H groups in total. The minimum Gasteiger partial charge on any atom is -0.593 e. The Kier molecular flexibility index (Phi) is 9.14. The SMILES string of the molecule is CCCN(OCc1ccc(N)cc1)C(=O)C1=Cc2ccc(-c3cncc([S+]([O-])NCC)c3)cc2N=C(N)C1. The minimum absolute atomic E-state index is 0.201. The third kappa shape index (κ3) is 6.78. The fourth-order valence-electron chi connectivity index (χ4n) is 3.95. The van der Waals surface area contributed by atoms with Gasteiger partial charge in [0.2, 0.25) is 0 Å². The number of fused-ring (bicyclic) bond motifs is 1. The molecule has 0 radical (unpaired) electrons. The van der Waals surface area contributed by atoms with Crippen LogP contribution in [0, 0.1) is 0 Å². The van der Waals surface area contributed by atoms with Crippen LogP contribution in [0.5, 0.6) is 0 Å². The van der Waals surface area contributed by atoms with Gasteiger partial charge < -0.3 is 16.0 Å². The largest absolute Gasteiger partial charge is 0.593 e. The zero-order valence-corrected chi connectivity index (χ0v) is 22.3. The number of amides is 1. The number of aliphatic imine (C=N–C) groups is 1. The molecule has 1 aliphatic heterocycles. The minimum atomic E-state index is -1.34. The third-order valence-corrected chi connectivity index (χ3v) is 7.03. The number of nitrogens with two attached hydrogens (primary N) is 2. The van der Waals surface area contributed by atoms with Crippen molar-refractivity contribution in [3.05, 3.63) is 77.6 Å². The summed E-state index contributed by atoms with van der Waals surface area (Å²) in [6.07, 6.45) is 6.04. The van der Waals surface area contributed by atoms with Gasteiger partial charge in [0.1, 0.15) is 12.4 Å². The number of hydroxylamine groups is 2. The van der Waals surface area contributed by atoms with E-state index in [2.05, 4.69) is 14.7 Å². The van der Waals surface area contributed by atoms with E-state index in [0.29, 0.717) is 40.8 Å². The van der Waals surface area contributed by atoms with E-state index in [0.717, 1.165) is 28.7 Å². The Balaban J connectivity index is 1.58. The normalized spacial score (nSPS) is 13.7. The van der Waals surface area contributed by atoms with E-state index < -0.39 is 11.4 Å². The number of carbonyl (C=O) groups is 1. The van der Waals surface area contributed by atoms with Crippen LogP contribution in [0.1, 0.15) is 37.8 Å². The Morgan fingerprint density at radius 1 is 1.11 bits per heavy atom. The van der Waals surface area contributed by atoms with Gasteiger partial charge in [-0.2, -0.15) is 0 Å². The molecular formula is C28H32N6O3S. The van der Waals surface area contributed by atoms with E-state index in [4.69, 9.17) is 16.3 Å². The number of nitrogens with zero attached hydrogens (tertiary/aromatic N) is 3. The van der Waals surface area contributed by atoms with Gasteiger partial charge in [-0.05, 0) is 48.7 Å². The van der Waals surface area contributed by atoms with E-state index in [1.54, 1.807) is 24.5 Å². The van der Waals surface area contributed by atoms with Gasteiger partial charge in [-0.3, -0.25) is 14.6 Å². The quantitative estimate of drug-likeness (QED) is 0.203. The van der Waals surface area contributed by atoms with Crippen LogP contribution in [0.25, 0.3) is 17.2 Å². The van der Waals surface area contributed by atoms with Crippen molar-refractivity contribution in [3.8, 4) is 11.1 Å². The average Bonchev–Trinajstić information content (AvgIpc) is 3.09. The number of carbonyl (C=O) groups excluding carboxylic acids is 1. The van der Waals surface area contributed by atoms with Gasteiger partial charge >= 0.3 is 0 Å². The number of rotatable bonds is 10. The van der Waals surface area contributed by atoms with Crippen LogP contribution in [0.15, 0.2) is 76.4 Å². The second-order valence-corrected chi connectivity index (χ2v) is 10.1. The average molecular weight is 533 g/mol. The first kappa shape index (κ1) is 27.3. The maximum absolute atomic E-state index is 13.5. The van der Waals surface area contributed by atoms with Crippen molar-refractivity contribution in [2.75, 3.05) is 18.8 Å². The first-order chi connectivity index (χ1) is 18.4. The van der Waals surface area contributed by atoms with Gasteiger partial charge in [-0.15, -0.1) is 4.72 Å². The Morgan fingerprint density at radius 3 is 2.63 bits per heavy atom. The topological polar surface area (TPSA) is 142 Å². The van der Waals surface area contributed by atoms with Crippen molar-refractivity contribution in [1.29, 1.82) is 0 Å². The molecule has 1 amide bonds. The molecule has 2 aromatic carbocycles. The first-order valence-corrected chi connectivity index (χ1v) is 13.6. The van der Waals surface area contributed by atoms with Gasteiger partial charge in [0, 0.05) is 54.2 Å². The lowest BCUT2D eigenvalue weighted by Gasteiger charge is -2.22. The molecule has 9 nitrogen and oxygen atoms in total. The molecule has 0 saturated carbocycles. The molecule has 0 saturated heterocycles. The van der Waals surface area contributed by atoms with E-state index in [9.17, 15) is 9.35 Å². The van der Waals surface area contributed by atoms with Crippen LogP contribution in [0.2, 0.25) is 0 Å². The van der Waals surface area contributed by atoms with Gasteiger partial charge in [-0.25, -0.2) is 10.1 Å². The van der Waals surface area contributed by atoms with E-state index >= 15 is 0 Å². The summed E-state index contributed by atoms with van der Waals surface area (Å²) in [5.74, 6) is 0.0794. The summed E-state index contributed by atoms with van der Waals surface area (Å²) in [6, 6.07) is 14.9. The summed E-state index contributed by atoms with van der Waals surface area (Å²) < 4.78 is 15.2. The number of pyridine rings is 1. The van der Waals surface area contributed by atoms with Crippen LogP contribution in [0.3, 0.4) is 0 Å². The standard InChI is InChI=1S/C28H32N6O3S/c1-3-11-34(37-18-19-5-9-24(29)10-6-19)28(35)22-12-21-8-7-20(14-26(21)33-27(30)15-22)23-13-25(17-31-16-23)38(36)32-4-2/h5-10,12-14,16-17,32H,3-4,11,15,18,29H2,1-2H3,(H2,30,33). The van der Waals surface area contributed by atoms with Gasteiger partial charge in [0.15, 0.2) is 4.90 Å². The molecular weight excluding hydrogens is 500 g/mol. The molecule has 10 heteroatoms. The van der Waals surface area contributed by atoms with Crippen molar-refractivity contribution in [3.63, 3.8) is 0 Å². The molecule has 0 aliphatic carbocycles. The zero-order chi connectivity index (χ0) is 27.1. The maximum atomic E-state index is 13.5. The number of hydrogen-bond donors (Lipinski definition) is 3. The van der Waals surface area contributed by atoms with E-state index in [1.165, 1.54) is 5.06 Å². The molecule has 38 heavy (non-hydrogen) atoms. The number of aromatic nitrogens is 1. The van der Waals surface area contributed by atoms with E-state index in [-0.39, 0.29) is 18.9 Å². The Labute approximate surface area is 225 Å². The highest BCUT2D eigenvalue weighted by atomic mass is 32.2. The second-order valence-electron chi connectivity index (χ2n) is 8.82. The monoisotopic (exact) mass is 532 g/mol. The fraction of sp³-hybridized carbons (Fsp3) is 0.250. The van der Waals surface area contributed by atoms with Crippen LogP contribution in [0.4, 0.5) is 11.4 Å². The molecule has 0 fully saturated rings. The van der Waals surface area contributed by atoms with Crippen LogP contribution in [-0.4, -0.2) is 39.4 Å². The molecule has 198 valence electrons. The second kappa shape index (κ2) is 12.7. The third-order valence-electron chi connectivity index (χ3n) is 5.83. The van der Waals surface area contributed by atoms with Crippen molar-refractivity contribution in [2.45, 2.75) is 38.2 Å². The number of amidine groups is 1. The van der Waals surface area contributed by atoms with Crippen LogP contribution < -0.4 is 16.2 Å². The highest BCUT2D eigenvalue weighted by Gasteiger charge is 2.23. The van der Waals surface area contributed by atoms with E-state index in [1.807, 2.05) is 56.3 Å². The predicted molar refractivity (Wildman–Crippen MR) is 151 cm³/mol. The fourth-order valence-corrected chi connectivity index (χ4v) is 4.77. The molecule has 2 heterocycles. The summed E-state index contributed by atoms with van der Waals surface area (Å²) in [5.41, 5.74) is 17.2. The lowest BCUT2D eigenvalue weighted by molar-refractivity contribution is -0.187. The summed E-state index contributed by atoms with van der Waals surface area (Å²) in [6.45, 7) is 5.14. The number of benzene rings is 2. The number of nitrogens with one attached hydrogen (secondary N) is 1. The van der Waals surface area contributed by atoms with Crippen molar-refractivity contribution in [2.24, 2.45) is 10.7 Å². The first-order valence-electron chi connectivity index (χ1n) is 12.5. The molecule has 1 aliphatic rings. The lowest BCUT2D eigenvalue weighted by atomic mass is 10.0. The Bertz CT molecular complexity index is 1340. The number of nitrogen functional groups attached to an aromatic ring is 1. The van der Waals surface area contributed by atoms with Gasteiger partial charge in [-0.1, -0.05) is 31.2 Å². The van der Waals surface area contributed by atoms with Crippen molar-refractivity contribution < 1.29 is 14.2 Å². The predicted octanol–water partition coefficient (Wildman–Crippen LogP) is 4.11. The molecule has 1 atom stereocenters. The highest BCUT2D eigenvalue weighted by molar-refractivity contribution is 7.89. The molecule has 1 aromatic heterocycles. The summed E-state index contributed by atoms with van der Waals surface area (Å²) in [4.78, 5) is 28.8. The lowest BCUT2D eigenvalue weighted by Crippen LogP contribution is -2.34. The Morgan fingerprint density at radius 2 is 1.89 bits per heavy atom. The van der Waals surface area contributed by atoms with Gasteiger partial charge in [0.05, 0.1) is 23.2 Å². The van der Waals surface area contributed by atoms with Crippen molar-refractivity contribution in [1.82, 2.24) is 14.8 Å². The van der Waals surface area contributed by atoms with Crippen LogP contribution in [-0.2, 0) is 27.6 Å². The summed E-state index contributed by atoms with van der Waals surface area (Å²) in [5, 5.41) is 1.39. The molecule has 0 bridgehead atoms. The van der Waals surface area contributed by atoms with Crippen LogP contribution >= 0.6 is 0 Å². The highest BCUT2D eigenvalue weighted by Crippen LogP contribution is 2.32. The maximum Gasteiger partial charge on any atom is 0.273 e.